The fraction of sp³-hybridized carbons (Fsp3) is 0.476. The molecular weight excluding hydrogens is 390 g/mol. The minimum absolute atomic E-state index is 0.215. The molecule has 3 heterocycles. The van der Waals surface area contributed by atoms with E-state index in [4.69, 9.17) is 4.74 Å². The van der Waals surface area contributed by atoms with Gasteiger partial charge in [0, 0.05) is 38.4 Å². The van der Waals surface area contributed by atoms with Crippen LogP contribution in [-0.2, 0) is 29.7 Å². The average Bonchev–Trinajstić information content (AvgIpc) is 3.09. The second-order valence-corrected chi connectivity index (χ2v) is 9.99. The number of aromatic amines is 1. The fourth-order valence-corrected chi connectivity index (χ4v) is 4.95. The van der Waals surface area contributed by atoms with Crippen LogP contribution in [-0.4, -0.2) is 48.6 Å². The van der Waals surface area contributed by atoms with E-state index in [0.717, 1.165) is 31.6 Å². The minimum atomic E-state index is -3.12. The molecule has 0 spiro atoms. The fourth-order valence-electron chi connectivity index (χ4n) is 4.08. The summed E-state index contributed by atoms with van der Waals surface area (Å²) in [5, 5.41) is 0. The first-order chi connectivity index (χ1) is 13.9. The summed E-state index contributed by atoms with van der Waals surface area (Å²) in [7, 11) is -3.12. The number of nitrogens with zero attached hydrogens (tertiary/aromatic N) is 2. The molecule has 0 radical (unpaired) electrons. The highest BCUT2D eigenvalue weighted by Gasteiger charge is 2.25. The smallest absolute Gasteiger partial charge is 0.290 e. The Kier molecular flexibility index (Phi) is 5.76. The van der Waals surface area contributed by atoms with Gasteiger partial charge in [-0.2, -0.15) is 0 Å². The maximum absolute atomic E-state index is 12.4. The van der Waals surface area contributed by atoms with Crippen molar-refractivity contribution in [1.82, 2.24) is 14.2 Å². The number of rotatable bonds is 6. The molecule has 2 aliphatic heterocycles. The minimum Gasteiger partial charge on any atom is -0.488 e. The quantitative estimate of drug-likeness (QED) is 0.777. The van der Waals surface area contributed by atoms with Gasteiger partial charge in [-0.15, -0.1) is 0 Å². The van der Waals surface area contributed by atoms with Gasteiger partial charge < -0.3 is 9.72 Å². The molecule has 2 aliphatic rings. The van der Waals surface area contributed by atoms with Crippen molar-refractivity contribution in [2.24, 2.45) is 5.92 Å². The van der Waals surface area contributed by atoms with Crippen LogP contribution in [0.3, 0.4) is 0 Å². The number of benzene rings is 1. The van der Waals surface area contributed by atoms with Gasteiger partial charge in [0.15, 0.2) is 5.75 Å². The maximum atomic E-state index is 12.4. The molecule has 29 heavy (non-hydrogen) atoms. The Morgan fingerprint density at radius 3 is 2.31 bits per heavy atom. The molecule has 0 bridgehead atoms. The van der Waals surface area contributed by atoms with Gasteiger partial charge in [0.05, 0.1) is 12.9 Å². The number of ether oxygens (including phenoxy) is 1. The highest BCUT2D eigenvalue weighted by atomic mass is 32.2. The van der Waals surface area contributed by atoms with Gasteiger partial charge in [0.25, 0.3) is 5.56 Å². The van der Waals surface area contributed by atoms with Crippen molar-refractivity contribution in [1.29, 1.82) is 0 Å². The highest BCUT2D eigenvalue weighted by Crippen LogP contribution is 2.24. The van der Waals surface area contributed by atoms with Gasteiger partial charge in [0.2, 0.25) is 10.0 Å². The number of fused-ring (bicyclic) bond motifs is 1. The second-order valence-electron chi connectivity index (χ2n) is 8.01. The zero-order valence-electron chi connectivity index (χ0n) is 16.6. The summed E-state index contributed by atoms with van der Waals surface area (Å²) in [6, 6.07) is 12.1. The van der Waals surface area contributed by atoms with Crippen LogP contribution in [0.15, 0.2) is 41.2 Å². The van der Waals surface area contributed by atoms with Gasteiger partial charge in [-0.3, -0.25) is 9.69 Å². The van der Waals surface area contributed by atoms with Crippen LogP contribution in [0.2, 0.25) is 0 Å². The van der Waals surface area contributed by atoms with Crippen molar-refractivity contribution in [3.05, 3.63) is 63.6 Å². The van der Waals surface area contributed by atoms with Gasteiger partial charge in [0.1, 0.15) is 0 Å². The number of nitrogens with one attached hydrogen (secondary N) is 1. The van der Waals surface area contributed by atoms with Crippen molar-refractivity contribution in [3.8, 4) is 5.75 Å². The van der Waals surface area contributed by atoms with Crippen LogP contribution in [0, 0.1) is 5.92 Å². The first-order valence-corrected chi connectivity index (χ1v) is 11.8. The molecule has 8 heteroatoms. The van der Waals surface area contributed by atoms with E-state index in [2.05, 4.69) is 34.1 Å². The van der Waals surface area contributed by atoms with Crippen molar-refractivity contribution in [2.45, 2.75) is 32.5 Å². The SMILES string of the molecule is CS(=O)(=O)N1CCC(COc2ccc(CN3Cc4ccccc4C3)[nH]c2=O)CC1. The van der Waals surface area contributed by atoms with E-state index in [-0.39, 0.29) is 11.5 Å². The Balaban J connectivity index is 1.29. The largest absolute Gasteiger partial charge is 0.488 e. The lowest BCUT2D eigenvalue weighted by atomic mass is 9.99. The van der Waals surface area contributed by atoms with E-state index >= 15 is 0 Å². The average molecular weight is 418 g/mol. The third-order valence-corrected chi connectivity index (χ3v) is 7.05. The molecule has 0 atom stereocenters. The predicted molar refractivity (Wildman–Crippen MR) is 111 cm³/mol. The topological polar surface area (TPSA) is 82.7 Å². The number of hydrogen-bond donors (Lipinski definition) is 1. The molecular formula is C21H27N3O4S. The summed E-state index contributed by atoms with van der Waals surface area (Å²) in [5.74, 6) is 0.583. The highest BCUT2D eigenvalue weighted by molar-refractivity contribution is 7.88. The third kappa shape index (κ3) is 4.88. The van der Waals surface area contributed by atoms with E-state index in [9.17, 15) is 13.2 Å². The first-order valence-electron chi connectivity index (χ1n) is 9.98. The van der Waals surface area contributed by atoms with E-state index in [1.165, 1.54) is 21.7 Å². The number of pyridine rings is 1. The third-order valence-electron chi connectivity index (χ3n) is 5.75. The number of aromatic nitrogens is 1. The number of H-pyrrole nitrogens is 1. The summed E-state index contributed by atoms with van der Waals surface area (Å²) in [5.41, 5.74) is 3.35. The second kappa shape index (κ2) is 8.30. The lowest BCUT2D eigenvalue weighted by Gasteiger charge is -2.29. The maximum Gasteiger partial charge on any atom is 0.290 e. The molecule has 4 rings (SSSR count). The van der Waals surface area contributed by atoms with E-state index < -0.39 is 10.0 Å². The number of hydrogen-bond acceptors (Lipinski definition) is 5. The summed E-state index contributed by atoms with van der Waals surface area (Å²) in [4.78, 5) is 17.6. The van der Waals surface area contributed by atoms with Crippen LogP contribution in [0.25, 0.3) is 0 Å². The number of sulfonamides is 1. The lowest BCUT2D eigenvalue weighted by Crippen LogP contribution is -2.39. The van der Waals surface area contributed by atoms with Crippen LogP contribution < -0.4 is 10.3 Å². The molecule has 1 N–H and O–H groups in total. The van der Waals surface area contributed by atoms with Crippen molar-refractivity contribution in [3.63, 3.8) is 0 Å². The Bertz CT molecular complexity index is 1000. The zero-order valence-corrected chi connectivity index (χ0v) is 17.5. The van der Waals surface area contributed by atoms with Gasteiger partial charge in [-0.05, 0) is 42.0 Å². The monoisotopic (exact) mass is 417 g/mol. The normalized spacial score (nSPS) is 18.7. The molecule has 1 aromatic heterocycles. The zero-order chi connectivity index (χ0) is 20.4. The molecule has 0 aliphatic carbocycles. The first kappa shape index (κ1) is 20.1. The van der Waals surface area contributed by atoms with Gasteiger partial charge >= 0.3 is 0 Å². The van der Waals surface area contributed by atoms with Crippen LogP contribution in [0.5, 0.6) is 5.75 Å². The van der Waals surface area contributed by atoms with Gasteiger partial charge in [-0.25, -0.2) is 12.7 Å². The molecule has 1 saturated heterocycles. The molecule has 156 valence electrons. The molecule has 7 nitrogen and oxygen atoms in total. The summed E-state index contributed by atoms with van der Waals surface area (Å²) >= 11 is 0. The van der Waals surface area contributed by atoms with E-state index in [1.54, 1.807) is 6.07 Å². The molecule has 0 amide bonds. The predicted octanol–water partition coefficient (Wildman–Crippen LogP) is 1.94. The van der Waals surface area contributed by atoms with Crippen molar-refractivity contribution in [2.75, 3.05) is 26.0 Å². The summed E-state index contributed by atoms with van der Waals surface area (Å²) in [6.07, 6.45) is 2.74. The summed E-state index contributed by atoms with van der Waals surface area (Å²) in [6.45, 7) is 3.93. The Morgan fingerprint density at radius 1 is 1.07 bits per heavy atom. The molecule has 2 aromatic rings. The Hall–Kier alpha value is -2.16. The van der Waals surface area contributed by atoms with Crippen LogP contribution in [0.1, 0.15) is 29.7 Å². The van der Waals surface area contributed by atoms with E-state index in [1.807, 2.05) is 6.07 Å². The van der Waals surface area contributed by atoms with Crippen LogP contribution >= 0.6 is 0 Å². The van der Waals surface area contributed by atoms with Crippen molar-refractivity contribution < 1.29 is 13.2 Å². The molecule has 1 aromatic carbocycles. The van der Waals surface area contributed by atoms with E-state index in [0.29, 0.717) is 32.0 Å². The number of piperidine rings is 1. The molecule has 1 fully saturated rings. The molecule has 0 unspecified atom stereocenters. The van der Waals surface area contributed by atoms with Crippen molar-refractivity contribution >= 4 is 10.0 Å². The van der Waals surface area contributed by atoms with Crippen LogP contribution in [0.4, 0.5) is 0 Å². The molecule has 0 saturated carbocycles. The Labute approximate surface area is 171 Å². The lowest BCUT2D eigenvalue weighted by molar-refractivity contribution is 0.184. The standard InChI is InChI=1S/C21H27N3O4S/c1-29(26,27)24-10-8-16(9-11-24)15-28-20-7-6-19(22-21(20)25)14-23-12-17-4-2-3-5-18(17)13-23/h2-7,16H,8-15H2,1H3,(H,22,25). The summed E-state index contributed by atoms with van der Waals surface area (Å²) < 4.78 is 30.4. The van der Waals surface area contributed by atoms with Gasteiger partial charge in [-0.1, -0.05) is 24.3 Å². The Morgan fingerprint density at radius 2 is 1.72 bits per heavy atom.